The number of rotatable bonds is 6. The predicted octanol–water partition coefficient (Wildman–Crippen LogP) is 3.14. The molecule has 0 spiro atoms. The summed E-state index contributed by atoms with van der Waals surface area (Å²) in [6.07, 6.45) is 1.72. The maximum Gasteiger partial charge on any atom is 0.218 e. The van der Waals surface area contributed by atoms with Crippen LogP contribution in [0, 0.1) is 0 Å². The van der Waals surface area contributed by atoms with E-state index in [2.05, 4.69) is 10.3 Å². The van der Waals surface area contributed by atoms with Gasteiger partial charge in [0.15, 0.2) is 0 Å². The number of halogens is 1. The van der Waals surface area contributed by atoms with Crippen molar-refractivity contribution in [2.24, 2.45) is 0 Å². The molecule has 1 aliphatic rings. The smallest absolute Gasteiger partial charge is 0.218 e. The molecule has 146 valence electrons. The zero-order valence-corrected chi connectivity index (χ0v) is 17.4. The summed E-state index contributed by atoms with van der Waals surface area (Å²) in [5.41, 5.74) is 1.50. The van der Waals surface area contributed by atoms with Crippen LogP contribution in [0.3, 0.4) is 0 Å². The van der Waals surface area contributed by atoms with Crippen LogP contribution in [0.4, 0.5) is 0 Å². The van der Waals surface area contributed by atoms with Crippen molar-refractivity contribution in [3.05, 3.63) is 50.9 Å². The molecule has 27 heavy (non-hydrogen) atoms. The Morgan fingerprint density at radius 3 is 3.00 bits per heavy atom. The molecule has 3 rings (SSSR count). The van der Waals surface area contributed by atoms with E-state index < -0.39 is 10.0 Å². The first-order valence-electron chi connectivity index (χ1n) is 8.74. The molecule has 9 heteroatoms. The lowest BCUT2D eigenvalue weighted by Crippen LogP contribution is -2.39. The van der Waals surface area contributed by atoms with Gasteiger partial charge in [-0.25, -0.2) is 17.7 Å². The number of hydrogen-bond donors (Lipinski definition) is 1. The van der Waals surface area contributed by atoms with E-state index in [9.17, 15) is 13.2 Å². The van der Waals surface area contributed by atoms with Gasteiger partial charge >= 0.3 is 0 Å². The van der Waals surface area contributed by atoms with Gasteiger partial charge in [-0.15, -0.1) is 11.3 Å². The number of carbonyl (C=O) groups is 1. The van der Waals surface area contributed by atoms with Gasteiger partial charge in [0.2, 0.25) is 15.9 Å². The maximum absolute atomic E-state index is 12.8. The number of amides is 1. The van der Waals surface area contributed by atoms with Crippen molar-refractivity contribution in [2.45, 2.75) is 38.0 Å². The van der Waals surface area contributed by atoms with Gasteiger partial charge in [0.25, 0.3) is 0 Å². The monoisotopic (exact) mass is 427 g/mol. The van der Waals surface area contributed by atoms with Gasteiger partial charge in [-0.05, 0) is 30.5 Å². The van der Waals surface area contributed by atoms with Crippen molar-refractivity contribution in [2.75, 3.05) is 13.1 Å². The zero-order chi connectivity index (χ0) is 19.4. The first-order valence-corrected chi connectivity index (χ1v) is 11.6. The van der Waals surface area contributed by atoms with E-state index in [1.54, 1.807) is 28.6 Å². The topological polar surface area (TPSA) is 79.4 Å². The molecule has 0 bridgehead atoms. The summed E-state index contributed by atoms with van der Waals surface area (Å²) in [4.78, 5) is 15.6. The van der Waals surface area contributed by atoms with Crippen molar-refractivity contribution in [1.82, 2.24) is 14.6 Å². The highest BCUT2D eigenvalue weighted by molar-refractivity contribution is 7.88. The number of aromatic nitrogens is 1. The standard InChI is InChI=1S/C18H22ClN3O3S2/c1-13(23)20-9-17-11-26-18(21-17)15-5-3-7-22(10-15)27(24,25)12-14-4-2-6-16(19)8-14/h2,4,6,8,11,15H,3,5,7,9-10,12H2,1H3,(H,20,23)/t15-/m0/s1. The highest BCUT2D eigenvalue weighted by atomic mass is 35.5. The fourth-order valence-electron chi connectivity index (χ4n) is 3.13. The third-order valence-corrected chi connectivity index (χ3v) is 7.56. The maximum atomic E-state index is 12.8. The SMILES string of the molecule is CC(=O)NCc1csc([C@H]2CCCN(S(=O)(=O)Cc3cccc(Cl)c3)C2)n1. The number of sulfonamides is 1. The number of nitrogens with one attached hydrogen (secondary N) is 1. The molecule has 2 heterocycles. The number of hydrogen-bond acceptors (Lipinski definition) is 5. The van der Waals surface area contributed by atoms with Gasteiger partial charge in [0, 0.05) is 36.3 Å². The van der Waals surface area contributed by atoms with E-state index in [1.807, 2.05) is 5.38 Å². The van der Waals surface area contributed by atoms with Gasteiger partial charge in [-0.3, -0.25) is 4.79 Å². The summed E-state index contributed by atoms with van der Waals surface area (Å²) < 4.78 is 27.3. The van der Waals surface area contributed by atoms with Gasteiger partial charge in [0.1, 0.15) is 0 Å². The third kappa shape index (κ3) is 5.51. The van der Waals surface area contributed by atoms with Crippen molar-refractivity contribution in [3.8, 4) is 0 Å². The van der Waals surface area contributed by atoms with E-state index in [-0.39, 0.29) is 17.6 Å². The second-order valence-electron chi connectivity index (χ2n) is 6.67. The molecule has 0 unspecified atom stereocenters. The van der Waals surface area contributed by atoms with Crippen molar-refractivity contribution < 1.29 is 13.2 Å². The van der Waals surface area contributed by atoms with E-state index in [1.165, 1.54) is 18.3 Å². The third-order valence-electron chi connectivity index (χ3n) is 4.45. The number of benzene rings is 1. The summed E-state index contributed by atoms with van der Waals surface area (Å²) in [5, 5.41) is 6.12. The number of piperidine rings is 1. The molecular weight excluding hydrogens is 406 g/mol. The van der Waals surface area contributed by atoms with Crippen LogP contribution < -0.4 is 5.32 Å². The second kappa shape index (κ2) is 8.68. The van der Waals surface area contributed by atoms with E-state index in [0.29, 0.717) is 30.2 Å². The number of nitrogens with zero attached hydrogens (tertiary/aromatic N) is 2. The Kier molecular flexibility index (Phi) is 6.52. The first kappa shape index (κ1) is 20.3. The van der Waals surface area contributed by atoms with Crippen LogP contribution >= 0.6 is 22.9 Å². The minimum atomic E-state index is -3.41. The Morgan fingerprint density at radius 2 is 2.26 bits per heavy atom. The lowest BCUT2D eigenvalue weighted by atomic mass is 10.0. The predicted molar refractivity (Wildman–Crippen MR) is 107 cm³/mol. The lowest BCUT2D eigenvalue weighted by Gasteiger charge is -2.31. The molecule has 1 aromatic heterocycles. The largest absolute Gasteiger partial charge is 0.351 e. The van der Waals surface area contributed by atoms with Crippen molar-refractivity contribution in [1.29, 1.82) is 0 Å². The highest BCUT2D eigenvalue weighted by Gasteiger charge is 2.31. The second-order valence-corrected chi connectivity index (χ2v) is 9.97. The minimum Gasteiger partial charge on any atom is -0.351 e. The fraction of sp³-hybridized carbons (Fsp3) is 0.444. The van der Waals surface area contributed by atoms with Crippen LogP contribution in [0.1, 0.15) is 41.9 Å². The Balaban J connectivity index is 1.67. The van der Waals surface area contributed by atoms with Crippen LogP contribution in [-0.2, 0) is 27.1 Å². The van der Waals surface area contributed by atoms with Gasteiger partial charge in [-0.2, -0.15) is 0 Å². The quantitative estimate of drug-likeness (QED) is 0.768. The summed E-state index contributed by atoms with van der Waals surface area (Å²) in [6.45, 7) is 2.84. The van der Waals surface area contributed by atoms with E-state index >= 15 is 0 Å². The molecule has 6 nitrogen and oxygen atoms in total. The molecule has 1 saturated heterocycles. The average molecular weight is 428 g/mol. The molecule has 2 aromatic rings. The normalized spacial score (nSPS) is 18.4. The molecule has 1 aliphatic heterocycles. The Hall–Kier alpha value is -1.48. The fourth-order valence-corrected chi connectivity index (χ4v) is 5.89. The summed E-state index contributed by atoms with van der Waals surface area (Å²) in [7, 11) is -3.41. The van der Waals surface area contributed by atoms with Crippen molar-refractivity contribution >= 4 is 38.9 Å². The molecule has 0 radical (unpaired) electrons. The zero-order valence-electron chi connectivity index (χ0n) is 15.0. The van der Waals surface area contributed by atoms with Gasteiger partial charge in [0.05, 0.1) is 23.0 Å². The first-order chi connectivity index (χ1) is 12.8. The van der Waals surface area contributed by atoms with Crippen molar-refractivity contribution in [3.63, 3.8) is 0 Å². The number of thiazole rings is 1. The number of carbonyl (C=O) groups excluding carboxylic acids is 1. The molecule has 0 aliphatic carbocycles. The average Bonchev–Trinajstić information content (AvgIpc) is 3.09. The summed E-state index contributed by atoms with van der Waals surface area (Å²) in [6, 6.07) is 6.96. The Morgan fingerprint density at radius 1 is 1.44 bits per heavy atom. The van der Waals surface area contributed by atoms with Gasteiger partial charge < -0.3 is 5.32 Å². The summed E-state index contributed by atoms with van der Waals surface area (Å²) in [5.74, 6) is -0.0594. The molecule has 1 aromatic carbocycles. The van der Waals surface area contributed by atoms with Crippen LogP contribution in [0.15, 0.2) is 29.6 Å². The van der Waals surface area contributed by atoms with Crippen LogP contribution in [0.5, 0.6) is 0 Å². The van der Waals surface area contributed by atoms with Crippen LogP contribution in [-0.4, -0.2) is 36.7 Å². The Labute approximate surface area is 168 Å². The van der Waals surface area contributed by atoms with Crippen LogP contribution in [0.2, 0.25) is 5.02 Å². The molecule has 1 N–H and O–H groups in total. The molecule has 1 amide bonds. The highest BCUT2D eigenvalue weighted by Crippen LogP contribution is 2.31. The Bertz CT molecular complexity index is 914. The van der Waals surface area contributed by atoms with E-state index in [0.717, 1.165) is 23.5 Å². The molecular formula is C18H22ClN3O3S2. The molecule has 0 saturated carbocycles. The lowest BCUT2D eigenvalue weighted by molar-refractivity contribution is -0.119. The van der Waals surface area contributed by atoms with Gasteiger partial charge in [-0.1, -0.05) is 23.7 Å². The minimum absolute atomic E-state index is 0.0497. The summed E-state index contributed by atoms with van der Waals surface area (Å²) >= 11 is 7.49. The molecule has 1 fully saturated rings. The van der Waals surface area contributed by atoms with Crippen LogP contribution in [0.25, 0.3) is 0 Å². The molecule has 1 atom stereocenters. The van der Waals surface area contributed by atoms with E-state index in [4.69, 9.17) is 11.6 Å².